The van der Waals surface area contributed by atoms with Crippen LogP contribution in [0.15, 0.2) is 24.3 Å². The second-order valence-corrected chi connectivity index (χ2v) is 6.65. The van der Waals surface area contributed by atoms with Crippen molar-refractivity contribution in [2.45, 2.75) is 58.5 Å². The van der Waals surface area contributed by atoms with Crippen molar-refractivity contribution in [3.05, 3.63) is 29.8 Å². The Bertz CT molecular complexity index is 543. The van der Waals surface area contributed by atoms with Crippen molar-refractivity contribution in [1.29, 1.82) is 0 Å². The number of anilines is 1. The summed E-state index contributed by atoms with van der Waals surface area (Å²) in [5.41, 5.74) is 2.06. The lowest BCUT2D eigenvalue weighted by molar-refractivity contribution is -0.133. The van der Waals surface area contributed by atoms with Gasteiger partial charge in [0.15, 0.2) is 0 Å². The van der Waals surface area contributed by atoms with Crippen LogP contribution in [0.1, 0.15) is 46.6 Å². The first-order valence-electron chi connectivity index (χ1n) is 7.49. The zero-order chi connectivity index (χ0) is 15.8. The van der Waals surface area contributed by atoms with Crippen LogP contribution in [-0.2, 0) is 15.0 Å². The van der Waals surface area contributed by atoms with E-state index in [2.05, 4.69) is 26.1 Å². The Morgan fingerprint density at radius 1 is 1.14 bits per heavy atom. The SMILES string of the molecule is CCC1NC(=O)C(C)N(c2ccc(C(C)(C)C)cc2)C1=O. The fourth-order valence-electron chi connectivity index (χ4n) is 2.58. The minimum Gasteiger partial charge on any atom is -0.343 e. The van der Waals surface area contributed by atoms with E-state index in [1.165, 1.54) is 5.56 Å². The third-order valence-corrected chi connectivity index (χ3v) is 4.04. The second kappa shape index (κ2) is 5.51. The summed E-state index contributed by atoms with van der Waals surface area (Å²) in [5, 5.41) is 2.77. The van der Waals surface area contributed by atoms with Crippen LogP contribution in [0.4, 0.5) is 5.69 Å². The largest absolute Gasteiger partial charge is 0.343 e. The van der Waals surface area contributed by atoms with Gasteiger partial charge in [0.2, 0.25) is 11.8 Å². The normalized spacial score (nSPS) is 23.2. The van der Waals surface area contributed by atoms with Gasteiger partial charge < -0.3 is 5.32 Å². The zero-order valence-corrected chi connectivity index (χ0v) is 13.4. The molecule has 4 nitrogen and oxygen atoms in total. The lowest BCUT2D eigenvalue weighted by Crippen LogP contribution is -2.62. The Labute approximate surface area is 126 Å². The van der Waals surface area contributed by atoms with Gasteiger partial charge in [-0.15, -0.1) is 0 Å². The lowest BCUT2D eigenvalue weighted by atomic mass is 9.87. The number of hydrogen-bond donors (Lipinski definition) is 1. The molecule has 2 rings (SSSR count). The molecule has 1 saturated heterocycles. The van der Waals surface area contributed by atoms with Gasteiger partial charge in [0.1, 0.15) is 12.1 Å². The quantitative estimate of drug-likeness (QED) is 0.909. The molecule has 2 unspecified atom stereocenters. The van der Waals surface area contributed by atoms with Crippen LogP contribution in [-0.4, -0.2) is 23.9 Å². The van der Waals surface area contributed by atoms with Crippen LogP contribution < -0.4 is 10.2 Å². The second-order valence-electron chi connectivity index (χ2n) is 6.65. The van der Waals surface area contributed by atoms with E-state index in [-0.39, 0.29) is 17.2 Å². The molecule has 1 heterocycles. The molecule has 0 spiro atoms. The van der Waals surface area contributed by atoms with E-state index in [9.17, 15) is 9.59 Å². The molecule has 0 radical (unpaired) electrons. The van der Waals surface area contributed by atoms with Crippen molar-refractivity contribution in [3.8, 4) is 0 Å². The average molecular weight is 288 g/mol. The van der Waals surface area contributed by atoms with E-state index in [1.807, 2.05) is 31.2 Å². The van der Waals surface area contributed by atoms with Crippen molar-refractivity contribution in [1.82, 2.24) is 5.32 Å². The van der Waals surface area contributed by atoms with E-state index in [1.54, 1.807) is 11.8 Å². The maximum Gasteiger partial charge on any atom is 0.250 e. The number of amides is 2. The standard InChI is InChI=1S/C17H24N2O2/c1-6-14-16(21)19(11(2)15(20)18-14)13-9-7-12(8-10-13)17(3,4)5/h7-11,14H,6H2,1-5H3,(H,18,20). The minimum absolute atomic E-state index is 0.0342. The first kappa shape index (κ1) is 15.5. The smallest absolute Gasteiger partial charge is 0.250 e. The molecular weight excluding hydrogens is 264 g/mol. The Morgan fingerprint density at radius 2 is 1.71 bits per heavy atom. The molecular formula is C17H24N2O2. The van der Waals surface area contributed by atoms with Crippen molar-refractivity contribution in [3.63, 3.8) is 0 Å². The van der Waals surface area contributed by atoms with Crippen LogP contribution >= 0.6 is 0 Å². The molecule has 4 heteroatoms. The number of rotatable bonds is 2. The monoisotopic (exact) mass is 288 g/mol. The van der Waals surface area contributed by atoms with Crippen LogP contribution in [0.5, 0.6) is 0 Å². The van der Waals surface area contributed by atoms with Crippen LogP contribution in [0.25, 0.3) is 0 Å². The molecule has 1 aliphatic heterocycles. The van der Waals surface area contributed by atoms with E-state index >= 15 is 0 Å². The molecule has 0 aromatic heterocycles. The molecule has 1 aliphatic rings. The molecule has 114 valence electrons. The number of benzene rings is 1. The van der Waals surface area contributed by atoms with E-state index in [0.29, 0.717) is 6.42 Å². The minimum atomic E-state index is -0.471. The number of nitrogens with zero attached hydrogens (tertiary/aromatic N) is 1. The summed E-state index contributed by atoms with van der Waals surface area (Å²) in [7, 11) is 0. The number of nitrogens with one attached hydrogen (secondary N) is 1. The predicted octanol–water partition coefficient (Wildman–Crippen LogP) is 2.61. The topological polar surface area (TPSA) is 49.4 Å². The fraction of sp³-hybridized carbons (Fsp3) is 0.529. The predicted molar refractivity (Wildman–Crippen MR) is 84.3 cm³/mol. The van der Waals surface area contributed by atoms with Gasteiger partial charge in [-0.2, -0.15) is 0 Å². The summed E-state index contributed by atoms with van der Waals surface area (Å²) in [4.78, 5) is 26.1. The third-order valence-electron chi connectivity index (χ3n) is 4.04. The summed E-state index contributed by atoms with van der Waals surface area (Å²) < 4.78 is 0. The number of carbonyl (C=O) groups is 2. The maximum absolute atomic E-state index is 12.5. The third kappa shape index (κ3) is 2.94. The van der Waals surface area contributed by atoms with Crippen LogP contribution in [0.2, 0.25) is 0 Å². The highest BCUT2D eigenvalue weighted by atomic mass is 16.2. The van der Waals surface area contributed by atoms with E-state index < -0.39 is 12.1 Å². The Morgan fingerprint density at radius 3 is 2.19 bits per heavy atom. The first-order chi connectivity index (χ1) is 9.75. The van der Waals surface area contributed by atoms with Gasteiger partial charge in [0.25, 0.3) is 0 Å². The summed E-state index contributed by atoms with van der Waals surface area (Å²) in [6.45, 7) is 10.1. The van der Waals surface area contributed by atoms with Gasteiger partial charge in [-0.05, 0) is 36.5 Å². The highest BCUT2D eigenvalue weighted by molar-refractivity contribution is 6.08. The van der Waals surface area contributed by atoms with Crippen LogP contribution in [0, 0.1) is 0 Å². The highest BCUT2D eigenvalue weighted by Crippen LogP contribution is 2.27. The van der Waals surface area contributed by atoms with Gasteiger partial charge in [-0.25, -0.2) is 0 Å². The summed E-state index contributed by atoms with van der Waals surface area (Å²) in [6.07, 6.45) is 0.605. The van der Waals surface area contributed by atoms with Crippen molar-refractivity contribution >= 4 is 17.5 Å². The summed E-state index contributed by atoms with van der Waals surface area (Å²) in [6, 6.07) is 7.03. The highest BCUT2D eigenvalue weighted by Gasteiger charge is 2.38. The van der Waals surface area contributed by atoms with Crippen molar-refractivity contribution in [2.24, 2.45) is 0 Å². The Balaban J connectivity index is 2.34. The van der Waals surface area contributed by atoms with E-state index in [0.717, 1.165) is 5.69 Å². The van der Waals surface area contributed by atoms with Crippen molar-refractivity contribution in [2.75, 3.05) is 4.90 Å². The number of piperazine rings is 1. The molecule has 0 saturated carbocycles. The van der Waals surface area contributed by atoms with Gasteiger partial charge in [0, 0.05) is 5.69 Å². The van der Waals surface area contributed by atoms with Crippen LogP contribution in [0.3, 0.4) is 0 Å². The molecule has 1 aromatic carbocycles. The Hall–Kier alpha value is -1.84. The van der Waals surface area contributed by atoms with Gasteiger partial charge in [-0.3, -0.25) is 14.5 Å². The lowest BCUT2D eigenvalue weighted by Gasteiger charge is -2.37. The zero-order valence-electron chi connectivity index (χ0n) is 13.4. The van der Waals surface area contributed by atoms with Gasteiger partial charge in [-0.1, -0.05) is 39.8 Å². The summed E-state index contributed by atoms with van der Waals surface area (Å²) >= 11 is 0. The molecule has 2 atom stereocenters. The van der Waals surface area contributed by atoms with Crippen molar-refractivity contribution < 1.29 is 9.59 Å². The molecule has 0 aliphatic carbocycles. The molecule has 1 aromatic rings. The van der Waals surface area contributed by atoms with E-state index in [4.69, 9.17) is 0 Å². The molecule has 21 heavy (non-hydrogen) atoms. The number of hydrogen-bond acceptors (Lipinski definition) is 2. The van der Waals surface area contributed by atoms with Gasteiger partial charge in [0.05, 0.1) is 0 Å². The number of carbonyl (C=O) groups excluding carboxylic acids is 2. The summed E-state index contributed by atoms with van der Waals surface area (Å²) in [5.74, 6) is -0.130. The fourth-order valence-corrected chi connectivity index (χ4v) is 2.58. The molecule has 1 N–H and O–H groups in total. The molecule has 2 amide bonds. The Kier molecular flexibility index (Phi) is 4.08. The molecule has 0 bridgehead atoms. The van der Waals surface area contributed by atoms with Gasteiger partial charge >= 0.3 is 0 Å². The maximum atomic E-state index is 12.5. The average Bonchev–Trinajstić information content (AvgIpc) is 2.42. The molecule has 1 fully saturated rings. The first-order valence-corrected chi connectivity index (χ1v) is 7.49.